The summed E-state index contributed by atoms with van der Waals surface area (Å²) in [6.45, 7) is 7.59. The molecular weight excluding hydrogens is 274 g/mol. The summed E-state index contributed by atoms with van der Waals surface area (Å²) in [6, 6.07) is 2.13. The molecule has 3 nitrogen and oxygen atoms in total. The van der Waals surface area contributed by atoms with Crippen LogP contribution in [0.15, 0.2) is 16.5 Å². The van der Waals surface area contributed by atoms with Crippen LogP contribution in [0.25, 0.3) is 10.2 Å². The molecule has 0 saturated carbocycles. The summed E-state index contributed by atoms with van der Waals surface area (Å²) < 4.78 is 0. The third kappa shape index (κ3) is 4.08. The molecule has 2 aromatic rings. The third-order valence-electron chi connectivity index (χ3n) is 2.76. The number of nitrogens with zero attached hydrogens (tertiary/aromatic N) is 2. The Balaban J connectivity index is 2.16. The molecule has 2 heterocycles. The van der Waals surface area contributed by atoms with Gasteiger partial charge in [0.05, 0.1) is 0 Å². The second-order valence-electron chi connectivity index (χ2n) is 4.95. The number of hydrogen-bond donors (Lipinski definition) is 1. The molecule has 0 aliphatic carbocycles. The van der Waals surface area contributed by atoms with Gasteiger partial charge in [0.15, 0.2) is 0 Å². The summed E-state index contributed by atoms with van der Waals surface area (Å²) >= 11 is 3.53. The number of fused-ring (bicyclic) bond motifs is 1. The molecule has 0 unspecified atom stereocenters. The normalized spacial score (nSPS) is 11.4. The minimum Gasteiger partial charge on any atom is -0.354 e. The van der Waals surface area contributed by atoms with E-state index in [9.17, 15) is 0 Å². The van der Waals surface area contributed by atoms with E-state index in [0.717, 1.165) is 40.4 Å². The van der Waals surface area contributed by atoms with E-state index < -0.39 is 0 Å². The number of thiophene rings is 1. The number of aromatic nitrogens is 2. The maximum Gasteiger partial charge on any atom is 0.225 e. The highest BCUT2D eigenvalue weighted by Crippen LogP contribution is 2.30. The number of nitrogens with one attached hydrogen (secondary N) is 1. The lowest BCUT2D eigenvalue weighted by atomic mass is 10.2. The average Bonchev–Trinajstić information content (AvgIpc) is 2.84. The fourth-order valence-corrected chi connectivity index (χ4v) is 3.73. The Hall–Kier alpha value is -0.810. The van der Waals surface area contributed by atoms with Crippen LogP contribution < -0.4 is 5.32 Å². The second-order valence-corrected chi connectivity index (χ2v) is 6.93. The Kier molecular flexibility index (Phi) is 5.45. The maximum absolute atomic E-state index is 4.65. The summed E-state index contributed by atoms with van der Waals surface area (Å²) in [5.74, 6) is 2.63. The lowest BCUT2D eigenvalue weighted by Crippen LogP contribution is -2.04. The van der Waals surface area contributed by atoms with E-state index in [1.165, 1.54) is 11.8 Å². The van der Waals surface area contributed by atoms with Crippen molar-refractivity contribution in [1.29, 1.82) is 0 Å². The standard InChI is InChI=1S/C14H21N3S2/c1-4-7-15-14-16-12(18-8-5-10(2)3)11-6-9-19-13(11)17-14/h6,9-10H,4-5,7-8H2,1-3H3,(H,15,16,17). The van der Waals surface area contributed by atoms with Crippen molar-refractivity contribution in [3.05, 3.63) is 11.4 Å². The van der Waals surface area contributed by atoms with Crippen LogP contribution in [0.2, 0.25) is 0 Å². The Morgan fingerprint density at radius 3 is 2.95 bits per heavy atom. The lowest BCUT2D eigenvalue weighted by molar-refractivity contribution is 0.632. The Morgan fingerprint density at radius 1 is 1.37 bits per heavy atom. The van der Waals surface area contributed by atoms with E-state index in [0.29, 0.717) is 0 Å². The predicted octanol–water partition coefficient (Wildman–Crippen LogP) is 4.65. The molecular formula is C14H21N3S2. The summed E-state index contributed by atoms with van der Waals surface area (Å²) in [6.07, 6.45) is 2.31. The smallest absolute Gasteiger partial charge is 0.225 e. The third-order valence-corrected chi connectivity index (χ3v) is 4.59. The first-order chi connectivity index (χ1) is 9.20. The molecule has 0 aliphatic rings. The summed E-state index contributed by atoms with van der Waals surface area (Å²) in [4.78, 5) is 10.3. The van der Waals surface area contributed by atoms with Gasteiger partial charge in [0, 0.05) is 11.9 Å². The number of hydrogen-bond acceptors (Lipinski definition) is 5. The van der Waals surface area contributed by atoms with Gasteiger partial charge in [-0.05, 0) is 36.0 Å². The van der Waals surface area contributed by atoms with Crippen LogP contribution in [-0.4, -0.2) is 22.3 Å². The first-order valence-corrected chi connectivity index (χ1v) is 8.69. The molecule has 0 bridgehead atoms. The second kappa shape index (κ2) is 7.10. The zero-order valence-corrected chi connectivity index (χ0v) is 13.4. The molecule has 0 radical (unpaired) electrons. The number of anilines is 1. The minimum absolute atomic E-state index is 0.741. The van der Waals surface area contributed by atoms with E-state index in [1.807, 2.05) is 11.8 Å². The fraction of sp³-hybridized carbons (Fsp3) is 0.571. The molecule has 1 N–H and O–H groups in total. The van der Waals surface area contributed by atoms with Gasteiger partial charge in [-0.1, -0.05) is 20.8 Å². The lowest BCUT2D eigenvalue weighted by Gasteiger charge is -2.08. The molecule has 19 heavy (non-hydrogen) atoms. The Bertz CT molecular complexity index is 522. The van der Waals surface area contributed by atoms with Crippen LogP contribution in [0.5, 0.6) is 0 Å². The number of rotatable bonds is 7. The van der Waals surface area contributed by atoms with Crippen LogP contribution >= 0.6 is 23.1 Å². The van der Waals surface area contributed by atoms with Crippen molar-refractivity contribution in [3.63, 3.8) is 0 Å². The van der Waals surface area contributed by atoms with Gasteiger partial charge in [0.1, 0.15) is 9.86 Å². The molecule has 104 valence electrons. The molecule has 0 aromatic carbocycles. The van der Waals surface area contributed by atoms with Gasteiger partial charge in [0.25, 0.3) is 0 Å². The van der Waals surface area contributed by atoms with Gasteiger partial charge in [-0.15, -0.1) is 23.1 Å². The molecule has 0 atom stereocenters. The highest BCUT2D eigenvalue weighted by Gasteiger charge is 2.09. The first-order valence-electron chi connectivity index (χ1n) is 6.82. The van der Waals surface area contributed by atoms with Crippen LogP contribution in [-0.2, 0) is 0 Å². The minimum atomic E-state index is 0.741. The average molecular weight is 295 g/mol. The van der Waals surface area contributed by atoms with E-state index >= 15 is 0 Å². The van der Waals surface area contributed by atoms with Gasteiger partial charge in [-0.2, -0.15) is 0 Å². The van der Waals surface area contributed by atoms with Crippen LogP contribution in [0, 0.1) is 5.92 Å². The van der Waals surface area contributed by atoms with Gasteiger partial charge in [0.2, 0.25) is 5.95 Å². The summed E-state index contributed by atoms with van der Waals surface area (Å²) in [5, 5.41) is 7.69. The highest BCUT2D eigenvalue weighted by molar-refractivity contribution is 7.99. The fourth-order valence-electron chi connectivity index (χ4n) is 1.65. The predicted molar refractivity (Wildman–Crippen MR) is 86.4 cm³/mol. The van der Waals surface area contributed by atoms with Gasteiger partial charge >= 0.3 is 0 Å². The van der Waals surface area contributed by atoms with Crippen molar-refractivity contribution in [1.82, 2.24) is 9.97 Å². The monoisotopic (exact) mass is 295 g/mol. The van der Waals surface area contributed by atoms with Crippen molar-refractivity contribution >= 4 is 39.3 Å². The SMILES string of the molecule is CCCNc1nc(SCCC(C)C)c2ccsc2n1. The first kappa shape index (κ1) is 14.6. The maximum atomic E-state index is 4.65. The molecule has 0 saturated heterocycles. The quantitative estimate of drug-likeness (QED) is 0.596. The molecule has 2 aromatic heterocycles. The van der Waals surface area contributed by atoms with Gasteiger partial charge in [-0.25, -0.2) is 9.97 Å². The van der Waals surface area contributed by atoms with E-state index in [1.54, 1.807) is 11.3 Å². The van der Waals surface area contributed by atoms with Crippen molar-refractivity contribution in [3.8, 4) is 0 Å². The van der Waals surface area contributed by atoms with Crippen LogP contribution in [0.3, 0.4) is 0 Å². The Morgan fingerprint density at radius 2 is 2.21 bits per heavy atom. The van der Waals surface area contributed by atoms with Crippen molar-refractivity contribution < 1.29 is 0 Å². The summed E-state index contributed by atoms with van der Waals surface area (Å²) in [7, 11) is 0. The van der Waals surface area contributed by atoms with Crippen molar-refractivity contribution in [2.45, 2.75) is 38.6 Å². The zero-order chi connectivity index (χ0) is 13.7. The number of thioether (sulfide) groups is 1. The van der Waals surface area contributed by atoms with Gasteiger partial charge in [-0.3, -0.25) is 0 Å². The van der Waals surface area contributed by atoms with Crippen molar-refractivity contribution in [2.24, 2.45) is 5.92 Å². The molecule has 0 fully saturated rings. The highest BCUT2D eigenvalue weighted by atomic mass is 32.2. The van der Waals surface area contributed by atoms with E-state index in [2.05, 4.69) is 47.5 Å². The van der Waals surface area contributed by atoms with Gasteiger partial charge < -0.3 is 5.32 Å². The van der Waals surface area contributed by atoms with E-state index in [4.69, 9.17) is 0 Å². The molecule has 0 spiro atoms. The van der Waals surface area contributed by atoms with E-state index in [-0.39, 0.29) is 0 Å². The molecule has 2 rings (SSSR count). The molecule has 0 amide bonds. The molecule has 0 aliphatic heterocycles. The van der Waals surface area contributed by atoms with Crippen molar-refractivity contribution in [2.75, 3.05) is 17.6 Å². The van der Waals surface area contributed by atoms with Crippen LogP contribution in [0.1, 0.15) is 33.6 Å². The Labute approximate surface area is 123 Å². The summed E-state index contributed by atoms with van der Waals surface area (Å²) in [5.41, 5.74) is 0. The van der Waals surface area contributed by atoms with Crippen LogP contribution in [0.4, 0.5) is 5.95 Å². The largest absolute Gasteiger partial charge is 0.354 e. The molecule has 5 heteroatoms. The topological polar surface area (TPSA) is 37.8 Å². The zero-order valence-electron chi connectivity index (χ0n) is 11.8.